The standard InChI is InChI=1S/C32H47ClN6O6/c1-32(2,3)27(38-30(43)25(34)19-10-5-4-6-11-19)31(44)39-17-21(45-24-13-12-20(33)16-36-24)15-23(39)29(42)37-22(26(40)28(35)41)14-18-8-7-9-18/h12-13,16,18-19,21-23,25,27H,4-11,14-15,17,34H2,1-3H3,(H2,35,41)(H,37,42)(H,38,43)/t21-,22?,23?,25-,27+/m0/s1. The summed E-state index contributed by atoms with van der Waals surface area (Å²) in [5.41, 5.74) is 11.0. The quantitative estimate of drug-likeness (QED) is 0.249. The lowest BCUT2D eigenvalue weighted by atomic mass is 9.80. The van der Waals surface area contributed by atoms with E-state index < -0.39 is 65.1 Å². The third-order valence-electron chi connectivity index (χ3n) is 9.37. The Labute approximate surface area is 269 Å². The fraction of sp³-hybridized carbons (Fsp3) is 0.688. The summed E-state index contributed by atoms with van der Waals surface area (Å²) in [7, 11) is 0. The minimum atomic E-state index is -1.13. The van der Waals surface area contributed by atoms with E-state index in [1.165, 1.54) is 11.1 Å². The van der Waals surface area contributed by atoms with E-state index in [-0.39, 0.29) is 30.7 Å². The number of carbonyl (C=O) groups excluding carboxylic acids is 5. The van der Waals surface area contributed by atoms with Crippen molar-refractivity contribution in [2.75, 3.05) is 6.54 Å². The molecule has 0 aromatic carbocycles. The summed E-state index contributed by atoms with van der Waals surface area (Å²) in [5, 5.41) is 6.05. The molecule has 6 N–H and O–H groups in total. The number of Topliss-reactive ketones (excluding diaryl/α,β-unsaturated/α-hetero) is 1. The van der Waals surface area contributed by atoms with Crippen molar-refractivity contribution in [1.82, 2.24) is 20.5 Å². The number of aromatic nitrogens is 1. The summed E-state index contributed by atoms with van der Waals surface area (Å²) in [6, 6.07) is -0.685. The molecule has 5 atom stereocenters. The minimum Gasteiger partial charge on any atom is -0.472 e. The summed E-state index contributed by atoms with van der Waals surface area (Å²) < 4.78 is 6.04. The zero-order chi connectivity index (χ0) is 32.9. The van der Waals surface area contributed by atoms with E-state index in [2.05, 4.69) is 15.6 Å². The van der Waals surface area contributed by atoms with Crippen LogP contribution in [-0.4, -0.2) is 76.1 Å². The van der Waals surface area contributed by atoms with Gasteiger partial charge in [-0.1, -0.05) is 70.9 Å². The second-order valence-corrected chi connectivity index (χ2v) is 14.3. The number of halogens is 1. The average molecular weight is 647 g/mol. The Bertz CT molecular complexity index is 1240. The van der Waals surface area contributed by atoms with Gasteiger partial charge in [0.15, 0.2) is 0 Å². The van der Waals surface area contributed by atoms with Crippen molar-refractivity contribution in [2.24, 2.45) is 28.7 Å². The number of ether oxygens (including phenoxy) is 1. The lowest BCUT2D eigenvalue weighted by Gasteiger charge is -2.37. The normalized spacial score (nSPS) is 22.9. The Morgan fingerprint density at radius 1 is 1.04 bits per heavy atom. The molecule has 248 valence electrons. The molecular formula is C32H47ClN6O6. The van der Waals surface area contributed by atoms with Gasteiger partial charge in [-0.2, -0.15) is 0 Å². The molecule has 1 aromatic heterocycles. The average Bonchev–Trinajstić information content (AvgIpc) is 3.40. The number of hydrogen-bond donors (Lipinski definition) is 4. The zero-order valence-electron chi connectivity index (χ0n) is 26.4. The first-order chi connectivity index (χ1) is 21.2. The summed E-state index contributed by atoms with van der Waals surface area (Å²) in [6.45, 7) is 5.52. The SMILES string of the molecule is CC(C)(C)[C@H](NC(=O)[C@@H](N)C1CCCCC1)C(=O)N1C[C@@H](Oc2ccc(Cl)cn2)CC1C(=O)NC(CC1CCC1)C(=O)C(N)=O. The number of nitrogens with two attached hydrogens (primary N) is 2. The highest BCUT2D eigenvalue weighted by Crippen LogP contribution is 2.32. The molecule has 2 aliphatic carbocycles. The molecule has 0 radical (unpaired) electrons. The van der Waals surface area contributed by atoms with Crippen LogP contribution in [-0.2, 0) is 24.0 Å². The first kappa shape index (κ1) is 34.6. The smallest absolute Gasteiger partial charge is 0.287 e. The van der Waals surface area contributed by atoms with E-state index in [0.29, 0.717) is 11.4 Å². The molecular weight excluding hydrogens is 600 g/mol. The number of nitrogens with zero attached hydrogens (tertiary/aromatic N) is 2. The van der Waals surface area contributed by atoms with Crippen LogP contribution in [0.1, 0.15) is 85.0 Å². The predicted octanol–water partition coefficient (Wildman–Crippen LogP) is 2.25. The summed E-state index contributed by atoms with van der Waals surface area (Å²) >= 11 is 5.97. The van der Waals surface area contributed by atoms with Gasteiger partial charge in [0.1, 0.15) is 18.2 Å². The van der Waals surface area contributed by atoms with E-state index in [4.69, 9.17) is 27.8 Å². The lowest BCUT2D eigenvalue weighted by Crippen LogP contribution is -2.61. The molecule has 2 saturated carbocycles. The maximum Gasteiger partial charge on any atom is 0.287 e. The number of likely N-dealkylation sites (tertiary alicyclic amines) is 1. The fourth-order valence-corrected chi connectivity index (χ4v) is 6.58. The second kappa shape index (κ2) is 14.9. The molecule has 13 heteroatoms. The van der Waals surface area contributed by atoms with Crippen LogP contribution in [0.3, 0.4) is 0 Å². The summed E-state index contributed by atoms with van der Waals surface area (Å²) in [4.78, 5) is 71.6. The van der Waals surface area contributed by atoms with Gasteiger partial charge < -0.3 is 31.7 Å². The predicted molar refractivity (Wildman–Crippen MR) is 168 cm³/mol. The molecule has 3 aliphatic rings. The fourth-order valence-electron chi connectivity index (χ4n) is 6.47. The van der Waals surface area contributed by atoms with Crippen molar-refractivity contribution in [3.8, 4) is 5.88 Å². The highest BCUT2D eigenvalue weighted by atomic mass is 35.5. The third kappa shape index (κ3) is 8.94. The van der Waals surface area contributed by atoms with Gasteiger partial charge in [-0.05, 0) is 42.6 Å². The number of nitrogens with one attached hydrogen (secondary N) is 2. The Kier molecular flexibility index (Phi) is 11.5. The first-order valence-electron chi connectivity index (χ1n) is 16.0. The van der Waals surface area contributed by atoms with E-state index in [9.17, 15) is 24.0 Å². The van der Waals surface area contributed by atoms with Crippen molar-refractivity contribution < 1.29 is 28.7 Å². The molecule has 0 spiro atoms. The lowest BCUT2D eigenvalue weighted by molar-refractivity contribution is -0.145. The van der Waals surface area contributed by atoms with E-state index >= 15 is 0 Å². The van der Waals surface area contributed by atoms with Crippen molar-refractivity contribution in [3.63, 3.8) is 0 Å². The largest absolute Gasteiger partial charge is 0.472 e. The second-order valence-electron chi connectivity index (χ2n) is 13.9. The van der Waals surface area contributed by atoms with Gasteiger partial charge in [0.05, 0.1) is 23.7 Å². The van der Waals surface area contributed by atoms with Gasteiger partial charge in [0.25, 0.3) is 5.91 Å². The van der Waals surface area contributed by atoms with E-state index in [1.807, 2.05) is 20.8 Å². The van der Waals surface area contributed by atoms with Crippen LogP contribution in [0.4, 0.5) is 0 Å². The molecule has 4 rings (SSSR count). The van der Waals surface area contributed by atoms with Crippen LogP contribution in [0.15, 0.2) is 18.3 Å². The van der Waals surface area contributed by atoms with Crippen molar-refractivity contribution in [3.05, 3.63) is 23.4 Å². The Morgan fingerprint density at radius 2 is 1.73 bits per heavy atom. The molecule has 0 bridgehead atoms. The molecule has 2 unspecified atom stereocenters. The molecule has 45 heavy (non-hydrogen) atoms. The Balaban J connectivity index is 1.57. The number of ketones is 1. The van der Waals surface area contributed by atoms with E-state index in [0.717, 1.165) is 51.4 Å². The van der Waals surface area contributed by atoms with Crippen LogP contribution < -0.4 is 26.8 Å². The van der Waals surface area contributed by atoms with E-state index in [1.54, 1.807) is 12.1 Å². The van der Waals surface area contributed by atoms with Crippen LogP contribution in [0.2, 0.25) is 5.02 Å². The van der Waals surface area contributed by atoms with Crippen LogP contribution >= 0.6 is 11.6 Å². The number of carbonyl (C=O) groups is 5. The Hall–Kier alpha value is -3.25. The molecule has 2 heterocycles. The number of hydrogen-bond acceptors (Lipinski definition) is 8. The molecule has 3 fully saturated rings. The summed E-state index contributed by atoms with van der Waals surface area (Å²) in [5.74, 6) is -2.97. The number of amides is 4. The summed E-state index contributed by atoms with van der Waals surface area (Å²) in [6.07, 6.45) is 8.87. The maximum atomic E-state index is 14.3. The molecule has 12 nitrogen and oxygen atoms in total. The van der Waals surface area contributed by atoms with Gasteiger partial charge in [0.2, 0.25) is 29.4 Å². The topological polar surface area (TPSA) is 187 Å². The number of pyridine rings is 1. The minimum absolute atomic E-state index is 0.0232. The van der Waals surface area contributed by atoms with Crippen molar-refractivity contribution >= 4 is 41.0 Å². The van der Waals surface area contributed by atoms with Crippen LogP contribution in [0, 0.1) is 17.3 Å². The third-order valence-corrected chi connectivity index (χ3v) is 9.59. The number of primary amides is 1. The zero-order valence-corrected chi connectivity index (χ0v) is 27.2. The molecule has 1 aliphatic heterocycles. The Morgan fingerprint density at radius 3 is 2.29 bits per heavy atom. The monoisotopic (exact) mass is 646 g/mol. The van der Waals surface area contributed by atoms with Crippen LogP contribution in [0.5, 0.6) is 5.88 Å². The van der Waals surface area contributed by atoms with Crippen LogP contribution in [0.25, 0.3) is 0 Å². The molecule has 4 amide bonds. The van der Waals surface area contributed by atoms with Crippen molar-refractivity contribution in [1.29, 1.82) is 0 Å². The molecule has 1 aromatic rings. The maximum absolute atomic E-state index is 14.3. The van der Waals surface area contributed by atoms with Gasteiger partial charge in [0, 0.05) is 18.7 Å². The first-order valence-corrected chi connectivity index (χ1v) is 16.4. The van der Waals surface area contributed by atoms with Gasteiger partial charge in [-0.3, -0.25) is 24.0 Å². The van der Waals surface area contributed by atoms with Crippen molar-refractivity contribution in [2.45, 2.75) is 115 Å². The number of rotatable bonds is 12. The van der Waals surface area contributed by atoms with Gasteiger partial charge in [-0.25, -0.2) is 4.98 Å². The van der Waals surface area contributed by atoms with Gasteiger partial charge >= 0.3 is 0 Å². The van der Waals surface area contributed by atoms with Gasteiger partial charge in [-0.15, -0.1) is 0 Å². The molecule has 1 saturated heterocycles. The highest BCUT2D eigenvalue weighted by molar-refractivity contribution is 6.37. The highest BCUT2D eigenvalue weighted by Gasteiger charge is 2.47.